The number of hydrogen-bond acceptors (Lipinski definition) is 2. The Hall–Kier alpha value is -2.29. The fourth-order valence-electron chi connectivity index (χ4n) is 3.21. The van der Waals surface area contributed by atoms with Gasteiger partial charge in [-0.15, -0.1) is 0 Å². The van der Waals surface area contributed by atoms with Crippen molar-refractivity contribution in [1.29, 1.82) is 0 Å². The van der Waals surface area contributed by atoms with Crippen LogP contribution in [0.5, 0.6) is 0 Å². The van der Waals surface area contributed by atoms with E-state index in [9.17, 15) is 4.79 Å². The van der Waals surface area contributed by atoms with Gasteiger partial charge in [-0.3, -0.25) is 4.79 Å². The lowest BCUT2D eigenvalue weighted by atomic mass is 9.87. The molecule has 0 aromatic heterocycles. The summed E-state index contributed by atoms with van der Waals surface area (Å²) in [4.78, 5) is 14.8. The number of anilines is 1. The maximum absolute atomic E-state index is 12.3. The smallest absolute Gasteiger partial charge is 0.251 e. The van der Waals surface area contributed by atoms with E-state index in [4.69, 9.17) is 0 Å². The van der Waals surface area contributed by atoms with Crippen LogP contribution >= 0.6 is 0 Å². The van der Waals surface area contributed by atoms with Gasteiger partial charge in [-0.1, -0.05) is 45.0 Å². The molecule has 0 atom stereocenters. The van der Waals surface area contributed by atoms with Gasteiger partial charge in [-0.2, -0.15) is 0 Å². The SMILES string of the molecule is CC(C)(C)c1ccc(C(=O)NCc2ccc(N3CCCC3)cc2)cc1. The zero-order chi connectivity index (χ0) is 17.9. The molecule has 0 saturated carbocycles. The first kappa shape index (κ1) is 17.5. The molecular formula is C22H28N2O. The Kier molecular flexibility index (Phi) is 5.12. The van der Waals surface area contributed by atoms with E-state index in [-0.39, 0.29) is 11.3 Å². The van der Waals surface area contributed by atoms with Crippen LogP contribution in [0.15, 0.2) is 48.5 Å². The highest BCUT2D eigenvalue weighted by Gasteiger charge is 2.14. The predicted molar refractivity (Wildman–Crippen MR) is 104 cm³/mol. The third-order valence-corrected chi connectivity index (χ3v) is 4.87. The molecule has 1 fully saturated rings. The second-order valence-corrected chi connectivity index (χ2v) is 7.87. The van der Waals surface area contributed by atoms with E-state index in [1.54, 1.807) is 0 Å². The zero-order valence-electron chi connectivity index (χ0n) is 15.5. The number of carbonyl (C=O) groups is 1. The quantitative estimate of drug-likeness (QED) is 0.890. The van der Waals surface area contributed by atoms with E-state index in [1.807, 2.05) is 24.3 Å². The molecule has 0 radical (unpaired) electrons. The third kappa shape index (κ3) is 4.41. The van der Waals surface area contributed by atoms with E-state index in [0.29, 0.717) is 12.1 Å². The van der Waals surface area contributed by atoms with Crippen molar-refractivity contribution in [3.8, 4) is 0 Å². The summed E-state index contributed by atoms with van der Waals surface area (Å²) < 4.78 is 0. The monoisotopic (exact) mass is 336 g/mol. The fraction of sp³-hybridized carbons (Fsp3) is 0.409. The summed E-state index contributed by atoms with van der Waals surface area (Å²) in [6.45, 7) is 9.39. The van der Waals surface area contributed by atoms with E-state index < -0.39 is 0 Å². The van der Waals surface area contributed by atoms with Gasteiger partial charge in [-0.25, -0.2) is 0 Å². The number of rotatable bonds is 4. The molecule has 0 unspecified atom stereocenters. The van der Waals surface area contributed by atoms with Crippen LogP contribution in [0.25, 0.3) is 0 Å². The minimum Gasteiger partial charge on any atom is -0.372 e. The van der Waals surface area contributed by atoms with E-state index >= 15 is 0 Å². The molecule has 1 aliphatic heterocycles. The van der Waals surface area contributed by atoms with Crippen molar-refractivity contribution < 1.29 is 4.79 Å². The molecule has 2 aromatic carbocycles. The average molecular weight is 336 g/mol. The van der Waals surface area contributed by atoms with Crippen molar-refractivity contribution in [2.45, 2.75) is 45.6 Å². The molecule has 0 bridgehead atoms. The summed E-state index contributed by atoms with van der Waals surface area (Å²) in [6, 6.07) is 16.4. The van der Waals surface area contributed by atoms with E-state index in [0.717, 1.165) is 18.7 Å². The molecule has 1 heterocycles. The summed E-state index contributed by atoms with van der Waals surface area (Å²) >= 11 is 0. The lowest BCUT2D eigenvalue weighted by Gasteiger charge is -2.19. The second kappa shape index (κ2) is 7.30. The standard InChI is InChI=1S/C22H28N2O/c1-22(2,3)19-10-8-18(9-11-19)21(25)23-16-17-6-12-20(13-7-17)24-14-4-5-15-24/h6-13H,4-5,14-16H2,1-3H3,(H,23,25). The van der Waals surface area contributed by atoms with Crippen molar-refractivity contribution >= 4 is 11.6 Å². The molecule has 0 aliphatic carbocycles. The van der Waals surface area contributed by atoms with Gasteiger partial charge in [0.2, 0.25) is 0 Å². The molecule has 3 rings (SSSR count). The summed E-state index contributed by atoms with van der Waals surface area (Å²) in [6.07, 6.45) is 2.57. The van der Waals surface area contributed by atoms with Crippen molar-refractivity contribution in [3.63, 3.8) is 0 Å². The minimum atomic E-state index is -0.0240. The van der Waals surface area contributed by atoms with Crippen LogP contribution in [0.1, 0.15) is 55.1 Å². The van der Waals surface area contributed by atoms with Crippen LogP contribution in [0, 0.1) is 0 Å². The first-order valence-electron chi connectivity index (χ1n) is 9.16. The molecule has 25 heavy (non-hydrogen) atoms. The molecule has 1 aliphatic rings. The van der Waals surface area contributed by atoms with E-state index in [2.05, 4.69) is 55.3 Å². The van der Waals surface area contributed by atoms with Gasteiger partial charge in [0, 0.05) is 30.9 Å². The van der Waals surface area contributed by atoms with Gasteiger partial charge in [0.25, 0.3) is 5.91 Å². The topological polar surface area (TPSA) is 32.3 Å². The number of nitrogens with one attached hydrogen (secondary N) is 1. The summed E-state index contributed by atoms with van der Waals surface area (Å²) in [5.41, 5.74) is 4.46. The van der Waals surface area contributed by atoms with Gasteiger partial charge < -0.3 is 10.2 Å². The molecule has 1 amide bonds. The van der Waals surface area contributed by atoms with Crippen LogP contribution in [0.2, 0.25) is 0 Å². The molecule has 3 heteroatoms. The Bertz CT molecular complexity index is 705. The van der Waals surface area contributed by atoms with Crippen molar-refractivity contribution in [2.75, 3.05) is 18.0 Å². The van der Waals surface area contributed by atoms with Gasteiger partial charge >= 0.3 is 0 Å². The lowest BCUT2D eigenvalue weighted by Crippen LogP contribution is -2.23. The first-order chi connectivity index (χ1) is 11.9. The van der Waals surface area contributed by atoms with Gasteiger partial charge in [0.1, 0.15) is 0 Å². The maximum Gasteiger partial charge on any atom is 0.251 e. The second-order valence-electron chi connectivity index (χ2n) is 7.87. The van der Waals surface area contributed by atoms with Gasteiger partial charge in [-0.05, 0) is 53.6 Å². The van der Waals surface area contributed by atoms with Crippen molar-refractivity contribution in [1.82, 2.24) is 5.32 Å². The molecule has 1 saturated heterocycles. The van der Waals surface area contributed by atoms with Crippen LogP contribution in [-0.2, 0) is 12.0 Å². The first-order valence-corrected chi connectivity index (χ1v) is 9.16. The number of benzene rings is 2. The summed E-state index contributed by atoms with van der Waals surface area (Å²) in [5.74, 6) is -0.0240. The fourth-order valence-corrected chi connectivity index (χ4v) is 3.21. The predicted octanol–water partition coefficient (Wildman–Crippen LogP) is 4.51. The van der Waals surface area contributed by atoms with Gasteiger partial charge in [0.15, 0.2) is 0 Å². The molecule has 1 N–H and O–H groups in total. The van der Waals surface area contributed by atoms with Gasteiger partial charge in [0.05, 0.1) is 0 Å². The van der Waals surface area contributed by atoms with Crippen molar-refractivity contribution in [2.24, 2.45) is 0 Å². The Morgan fingerprint density at radius 3 is 2.12 bits per heavy atom. The highest BCUT2D eigenvalue weighted by atomic mass is 16.1. The maximum atomic E-state index is 12.3. The number of hydrogen-bond donors (Lipinski definition) is 1. The van der Waals surface area contributed by atoms with Crippen LogP contribution in [0.4, 0.5) is 5.69 Å². The molecule has 0 spiro atoms. The number of amides is 1. The zero-order valence-corrected chi connectivity index (χ0v) is 15.5. The minimum absolute atomic E-state index is 0.0240. The lowest BCUT2D eigenvalue weighted by molar-refractivity contribution is 0.0951. The Labute approximate surface area is 151 Å². The van der Waals surface area contributed by atoms with Crippen LogP contribution < -0.4 is 10.2 Å². The summed E-state index contributed by atoms with van der Waals surface area (Å²) in [7, 11) is 0. The summed E-state index contributed by atoms with van der Waals surface area (Å²) in [5, 5.41) is 3.01. The molecule has 3 nitrogen and oxygen atoms in total. The Morgan fingerprint density at radius 1 is 0.960 bits per heavy atom. The molecule has 2 aromatic rings. The van der Waals surface area contributed by atoms with Crippen LogP contribution in [-0.4, -0.2) is 19.0 Å². The van der Waals surface area contributed by atoms with Crippen LogP contribution in [0.3, 0.4) is 0 Å². The van der Waals surface area contributed by atoms with E-state index in [1.165, 1.54) is 24.1 Å². The Morgan fingerprint density at radius 2 is 1.56 bits per heavy atom. The Balaban J connectivity index is 1.56. The molecule has 132 valence electrons. The average Bonchev–Trinajstić information content (AvgIpc) is 3.14. The highest BCUT2D eigenvalue weighted by molar-refractivity contribution is 5.94. The number of carbonyl (C=O) groups excluding carboxylic acids is 1. The van der Waals surface area contributed by atoms with Crippen molar-refractivity contribution in [3.05, 3.63) is 65.2 Å². The highest BCUT2D eigenvalue weighted by Crippen LogP contribution is 2.22. The molecular weight excluding hydrogens is 308 g/mol. The normalized spacial score (nSPS) is 14.6. The third-order valence-electron chi connectivity index (χ3n) is 4.87. The largest absolute Gasteiger partial charge is 0.372 e. The number of nitrogens with zero attached hydrogens (tertiary/aromatic N) is 1.